The van der Waals surface area contributed by atoms with Crippen LogP contribution >= 0.6 is 0 Å². The van der Waals surface area contributed by atoms with Gasteiger partial charge in [-0.25, -0.2) is 4.18 Å². The third-order valence-corrected chi connectivity index (χ3v) is 23.2. The predicted molar refractivity (Wildman–Crippen MR) is 323 cm³/mol. The van der Waals surface area contributed by atoms with Gasteiger partial charge in [0, 0.05) is 12.8 Å². The van der Waals surface area contributed by atoms with E-state index in [0.717, 1.165) is 5.57 Å². The van der Waals surface area contributed by atoms with Gasteiger partial charge in [0.05, 0.1) is 55.4 Å². The Bertz CT molecular complexity index is 2790. The van der Waals surface area contributed by atoms with Crippen molar-refractivity contribution in [3.8, 4) is 0 Å². The lowest BCUT2D eigenvalue weighted by atomic mass is 9.47. The Morgan fingerprint density at radius 3 is 1.58 bits per heavy atom. The van der Waals surface area contributed by atoms with Gasteiger partial charge in [0.15, 0.2) is 37.7 Å². The highest BCUT2D eigenvalue weighted by atomic mass is 32.3. The van der Waals surface area contributed by atoms with Crippen LogP contribution in [0.2, 0.25) is 0 Å². The van der Waals surface area contributed by atoms with Gasteiger partial charge < -0.3 is 139 Å². The molecule has 0 aromatic carbocycles. The number of hydrogen-bond acceptors (Lipinski definition) is 32. The first-order valence-electron chi connectivity index (χ1n) is 33.9. The maximum Gasteiger partial charge on any atom is 0.397 e. The van der Waals surface area contributed by atoms with Crippen molar-refractivity contribution in [1.82, 2.24) is 0 Å². The summed E-state index contributed by atoms with van der Waals surface area (Å²) in [6.45, 7) is 13.5. The second-order valence-corrected chi connectivity index (χ2v) is 31.0. The van der Waals surface area contributed by atoms with Crippen molar-refractivity contribution in [2.75, 3.05) is 13.2 Å². The van der Waals surface area contributed by atoms with Gasteiger partial charge in [-0.15, -0.1) is 0 Å². The number of ketones is 1. The van der Waals surface area contributed by atoms with E-state index in [1.54, 1.807) is 6.92 Å². The SMILES string of the molecule is CC(C)CC(=O)C[C@](C)(O)[C@H]1CC[C@H]2C3C[C@H](OC4OC(C)C(O)C(OC5OC(C)C(OC6OC(CO)C(O)C(O)C6OC6OC(C)C(O)C(OC7OC(CO)C(O)C(O)C7O)C6O)C(O)C5OC5OC(C)C(O)C(O)C5O)C4O)[C@H]4C[C@@H](OS(=O)(=O)O)CC[C@]4(C)C3=CC[C@@]21C. The summed E-state index contributed by atoms with van der Waals surface area (Å²) in [5, 5.41) is 180. The summed E-state index contributed by atoms with van der Waals surface area (Å²) in [6.07, 6.45) is -50.3. The van der Waals surface area contributed by atoms with Gasteiger partial charge in [-0.1, -0.05) is 39.3 Å². The summed E-state index contributed by atoms with van der Waals surface area (Å²) in [4.78, 5) is 13.3. The van der Waals surface area contributed by atoms with E-state index in [4.69, 9.17) is 61.0 Å². The minimum absolute atomic E-state index is 0.00986. The molecule has 6 heterocycles. The fourth-order valence-corrected chi connectivity index (χ4v) is 18.0. The summed E-state index contributed by atoms with van der Waals surface area (Å²) in [5.74, 6) is -0.961. The molecule has 0 aromatic rings. The first-order chi connectivity index (χ1) is 45.3. The van der Waals surface area contributed by atoms with Crippen LogP contribution in [0.15, 0.2) is 11.6 Å². The molecule has 34 heteroatoms. The molecule has 9 fully saturated rings. The number of ether oxygens (including phenoxy) is 12. The van der Waals surface area contributed by atoms with Crippen LogP contribution in [0.1, 0.15) is 120 Å². The number of aliphatic hydroxyl groups is 16. The second kappa shape index (κ2) is 30.3. The molecular formula is C63H104O33S. The molecule has 0 radical (unpaired) electrons. The molecule has 97 heavy (non-hydrogen) atoms. The number of carbonyl (C=O) groups is 1. The van der Waals surface area contributed by atoms with Crippen LogP contribution in [0, 0.1) is 40.4 Å². The molecule has 0 bridgehead atoms. The molecule has 33 nitrogen and oxygen atoms in total. The van der Waals surface area contributed by atoms with Crippen molar-refractivity contribution in [1.29, 1.82) is 0 Å². The van der Waals surface area contributed by atoms with Crippen LogP contribution in [0.25, 0.3) is 0 Å². The molecule has 10 aliphatic rings. The van der Waals surface area contributed by atoms with Gasteiger partial charge in [0.1, 0.15) is 128 Å². The Labute approximate surface area is 562 Å². The smallest absolute Gasteiger partial charge is 0.394 e. The van der Waals surface area contributed by atoms with E-state index in [1.807, 2.05) is 13.8 Å². The minimum atomic E-state index is -4.92. The first-order valence-corrected chi connectivity index (χ1v) is 35.2. The minimum Gasteiger partial charge on any atom is -0.394 e. The Hall–Kier alpha value is -1.84. The number of aliphatic hydroxyl groups excluding tert-OH is 15. The second-order valence-electron chi connectivity index (χ2n) is 29.9. The van der Waals surface area contributed by atoms with Gasteiger partial charge in [-0.05, 0) is 120 Å². The van der Waals surface area contributed by atoms with Crippen molar-refractivity contribution in [2.45, 2.75) is 322 Å². The van der Waals surface area contributed by atoms with E-state index in [-0.39, 0.29) is 48.7 Å². The third kappa shape index (κ3) is 15.5. The zero-order valence-electron chi connectivity index (χ0n) is 55.8. The van der Waals surface area contributed by atoms with Gasteiger partial charge in [0.2, 0.25) is 0 Å². The number of carbonyl (C=O) groups excluding carboxylic acids is 1. The summed E-state index contributed by atoms with van der Waals surface area (Å²) < 4.78 is 113. The molecule has 6 aliphatic heterocycles. The number of allylic oxidation sites excluding steroid dienone is 2. The highest BCUT2D eigenvalue weighted by molar-refractivity contribution is 7.80. The highest BCUT2D eigenvalue weighted by Gasteiger charge is 2.64. The van der Waals surface area contributed by atoms with Gasteiger partial charge in [-0.3, -0.25) is 9.35 Å². The molecule has 39 atom stereocenters. The average Bonchev–Trinajstić information content (AvgIpc) is 1.68. The van der Waals surface area contributed by atoms with E-state index in [0.29, 0.717) is 38.5 Å². The van der Waals surface area contributed by atoms with E-state index in [2.05, 4.69) is 19.9 Å². The fraction of sp³-hybridized carbons (Fsp3) is 0.952. The molecule has 0 aromatic heterocycles. The topological polar surface area (TPSA) is 515 Å². The Balaban J connectivity index is 0.915. The summed E-state index contributed by atoms with van der Waals surface area (Å²) >= 11 is 0. The van der Waals surface area contributed by atoms with Crippen molar-refractivity contribution in [2.24, 2.45) is 40.4 Å². The Kier molecular flexibility index (Phi) is 24.3. The number of fused-ring (bicyclic) bond motifs is 5. The largest absolute Gasteiger partial charge is 0.397 e. The Morgan fingerprint density at radius 2 is 1.01 bits per heavy atom. The molecule has 0 amide bonds. The zero-order chi connectivity index (χ0) is 71.2. The fourth-order valence-electron chi connectivity index (χ4n) is 17.5. The van der Waals surface area contributed by atoms with Crippen LogP contribution in [0.4, 0.5) is 0 Å². The van der Waals surface area contributed by atoms with Crippen LogP contribution in [0.3, 0.4) is 0 Å². The lowest BCUT2D eigenvalue weighted by Gasteiger charge is -2.60. The molecule has 4 aliphatic carbocycles. The molecule has 6 saturated heterocycles. The van der Waals surface area contributed by atoms with Crippen molar-refractivity contribution in [3.05, 3.63) is 11.6 Å². The van der Waals surface area contributed by atoms with E-state index >= 15 is 0 Å². The molecule has 10 rings (SSSR count). The number of hydrogen-bond donors (Lipinski definition) is 17. The molecular weight excluding hydrogens is 1320 g/mol. The summed E-state index contributed by atoms with van der Waals surface area (Å²) in [5.41, 5.74) is -1.37. The number of rotatable bonds is 21. The molecule has 31 unspecified atom stereocenters. The van der Waals surface area contributed by atoms with Crippen molar-refractivity contribution < 1.29 is 160 Å². The summed E-state index contributed by atoms with van der Waals surface area (Å²) in [6, 6.07) is 0. The standard InChI is InChI=1S/C63H104O33S/c1-22(2)16-27(66)19-63(9,80)36-11-10-30-29-18-33(32-17-28(96-97(81,82)83)12-14-61(32,7)31(29)13-15-62(30,36)8)88-57-48(78)52(39(69)24(4)85-57)93-59-54(95-55-45(75)42(72)37(67)23(3)84-55)47(77)50(26(6)87-59)91-60-53(44(74)41(71)35(21-65)90-60)94-58-49(79)51(38(68)25(5)86-58)92-56-46(76)43(73)40(70)34(20-64)89-56/h13,22-26,28-30,32-60,64-65,67-80H,10-12,14-21H2,1-9H3,(H,81,82,83)/t23?,24?,25?,26?,28-,29?,30-,32+,33-,34?,35?,36-,37?,38?,39?,40?,41?,42?,43?,44?,45?,46?,47?,48?,49?,50?,51?,52?,53?,54?,55?,56?,57?,58?,59?,60?,61+,62-,63-/m0/s1. The summed E-state index contributed by atoms with van der Waals surface area (Å²) in [7, 11) is -4.92. The van der Waals surface area contributed by atoms with Crippen LogP contribution in [0.5, 0.6) is 0 Å². The maximum absolute atomic E-state index is 13.3. The molecule has 560 valence electrons. The normalized spacial score (nSPS) is 52.0. The van der Waals surface area contributed by atoms with Crippen molar-refractivity contribution in [3.63, 3.8) is 0 Å². The Morgan fingerprint density at radius 1 is 0.546 bits per heavy atom. The predicted octanol–water partition coefficient (Wildman–Crippen LogP) is -4.46. The monoisotopic (exact) mass is 1420 g/mol. The van der Waals surface area contributed by atoms with Gasteiger partial charge in [-0.2, -0.15) is 8.42 Å². The highest BCUT2D eigenvalue weighted by Crippen LogP contribution is 2.67. The van der Waals surface area contributed by atoms with Crippen LogP contribution in [-0.2, 0) is 76.2 Å². The van der Waals surface area contributed by atoms with Gasteiger partial charge in [0.25, 0.3) is 0 Å². The van der Waals surface area contributed by atoms with E-state index in [9.17, 15) is 99.5 Å². The van der Waals surface area contributed by atoms with Crippen LogP contribution < -0.4 is 0 Å². The first kappa shape index (κ1) is 77.8. The molecule has 17 N–H and O–H groups in total. The lowest BCUT2D eigenvalue weighted by Crippen LogP contribution is -2.68. The van der Waals surface area contributed by atoms with E-state index in [1.165, 1.54) is 27.7 Å². The number of Topliss-reactive ketones (excluding diaryl/α,β-unsaturated/α-hetero) is 1. The quantitative estimate of drug-likeness (QED) is 0.0381. The lowest BCUT2D eigenvalue weighted by molar-refractivity contribution is -0.409. The van der Waals surface area contributed by atoms with E-state index < -0.39 is 242 Å². The average molecular weight is 1420 g/mol. The molecule has 0 spiro atoms. The maximum atomic E-state index is 13.3. The van der Waals surface area contributed by atoms with Crippen LogP contribution in [-0.4, -0.2) is 316 Å². The zero-order valence-corrected chi connectivity index (χ0v) is 56.6. The molecule has 3 saturated carbocycles. The van der Waals surface area contributed by atoms with Crippen molar-refractivity contribution >= 4 is 16.2 Å². The van der Waals surface area contributed by atoms with Gasteiger partial charge >= 0.3 is 10.4 Å². The third-order valence-electron chi connectivity index (χ3n) is 22.7.